The van der Waals surface area contributed by atoms with Gasteiger partial charge in [-0.1, -0.05) is 24.3 Å². The molecule has 4 heterocycles. The van der Waals surface area contributed by atoms with E-state index in [0.717, 1.165) is 86.3 Å². The first-order chi connectivity index (χ1) is 19.8. The Morgan fingerprint density at radius 2 is 1.29 bits per heavy atom. The van der Waals surface area contributed by atoms with Crippen molar-refractivity contribution < 1.29 is 46.3 Å². The van der Waals surface area contributed by atoms with Gasteiger partial charge in [0.15, 0.2) is 0 Å². The number of carboxylic acid groups (broad SMARTS) is 2. The topological polar surface area (TPSA) is 141 Å². The zero-order chi connectivity index (χ0) is 29.5. The van der Waals surface area contributed by atoms with Gasteiger partial charge in [0.2, 0.25) is 0 Å². The van der Waals surface area contributed by atoms with Gasteiger partial charge in [0.25, 0.3) is 0 Å². The summed E-state index contributed by atoms with van der Waals surface area (Å²) >= 11 is 0. The maximum Gasteiger partial charge on any atom is 2.00 e. The number of carbonyl (C=O) groups is 2. The summed E-state index contributed by atoms with van der Waals surface area (Å²) in [5, 5.41) is 17.8. The quantitative estimate of drug-likeness (QED) is 0.282. The van der Waals surface area contributed by atoms with Gasteiger partial charge in [-0.05, 0) is 73.5 Å². The molecule has 1 aliphatic rings. The Hall–Kier alpha value is -4.15. The fourth-order valence-electron chi connectivity index (χ4n) is 3.85. The monoisotopic (exact) mass is 619 g/mol. The minimum atomic E-state index is -1.08. The molecule has 11 heteroatoms. The van der Waals surface area contributed by atoms with Crippen molar-refractivity contribution in [3.05, 3.63) is 85.2 Å². The second-order valence-corrected chi connectivity index (χ2v) is 8.87. The molecule has 3 aromatic heterocycles. The van der Waals surface area contributed by atoms with Gasteiger partial charge in [0.1, 0.15) is 12.4 Å². The van der Waals surface area contributed by atoms with Gasteiger partial charge in [0, 0.05) is 44.0 Å². The maximum absolute atomic E-state index is 8.89. The van der Waals surface area contributed by atoms with E-state index in [1.54, 1.807) is 12.4 Å². The number of carboxylic acids is 2. The Bertz CT molecular complexity index is 1290. The molecule has 0 bridgehead atoms. The van der Waals surface area contributed by atoms with Crippen molar-refractivity contribution in [2.75, 3.05) is 39.5 Å². The van der Waals surface area contributed by atoms with Crippen molar-refractivity contribution in [1.29, 1.82) is 0 Å². The second kappa shape index (κ2) is 18.3. The fourth-order valence-corrected chi connectivity index (χ4v) is 3.85. The van der Waals surface area contributed by atoms with Crippen LogP contribution in [0.15, 0.2) is 85.2 Å². The van der Waals surface area contributed by atoms with Crippen LogP contribution in [0.4, 0.5) is 0 Å². The number of ether oxygens (including phenoxy) is 2. The Balaban J connectivity index is 0.000000612. The van der Waals surface area contributed by atoms with Crippen LogP contribution in [0.5, 0.6) is 5.75 Å². The Labute approximate surface area is 255 Å². The number of nitrogens with zero attached hydrogens (tertiary/aromatic N) is 4. The van der Waals surface area contributed by atoms with E-state index in [0.29, 0.717) is 6.61 Å². The van der Waals surface area contributed by atoms with Gasteiger partial charge in [-0.3, -0.25) is 14.9 Å². The van der Waals surface area contributed by atoms with E-state index < -0.39 is 11.9 Å². The summed E-state index contributed by atoms with van der Waals surface area (Å²) in [6.07, 6.45) is 3.57. The van der Waals surface area contributed by atoms with E-state index in [1.807, 2.05) is 48.5 Å². The largest absolute Gasteiger partial charge is 2.00 e. The van der Waals surface area contributed by atoms with Crippen molar-refractivity contribution in [3.63, 3.8) is 0 Å². The maximum atomic E-state index is 8.89. The molecule has 5 rings (SSSR count). The van der Waals surface area contributed by atoms with Crippen molar-refractivity contribution in [1.82, 2.24) is 19.9 Å². The smallest absolute Gasteiger partial charge is 0.550 e. The van der Waals surface area contributed by atoms with E-state index in [-0.39, 0.29) is 17.1 Å². The first kappa shape index (κ1) is 34.1. The molecule has 0 amide bonds. The summed E-state index contributed by atoms with van der Waals surface area (Å²) in [4.78, 5) is 34.0. The summed E-state index contributed by atoms with van der Waals surface area (Å²) in [7, 11) is 0. The number of hydrogen-bond acceptors (Lipinski definition) is 10. The van der Waals surface area contributed by atoms with Crippen molar-refractivity contribution in [2.45, 2.75) is 13.8 Å². The van der Waals surface area contributed by atoms with E-state index in [1.165, 1.54) is 0 Å². The molecule has 1 aromatic carbocycles. The number of aromatic nitrogens is 3. The van der Waals surface area contributed by atoms with Crippen molar-refractivity contribution in [2.24, 2.45) is 0 Å². The molecule has 223 valence electrons. The van der Waals surface area contributed by atoms with Gasteiger partial charge in [-0.2, -0.15) is 0 Å². The number of pyridine rings is 3. The SMILES string of the molecule is CC(=O)[O-].CC(=O)[O-].[Cu+2].c1ccc(-c2cc(-c3ccc(OCCN4CCOCC4)cc3)cc(-c3ccccn3)n2)nc1. The average molecular weight is 620 g/mol. The van der Waals surface area contributed by atoms with E-state index in [9.17, 15) is 0 Å². The molecule has 10 nitrogen and oxygen atoms in total. The Kier molecular flexibility index (Phi) is 14.9. The number of aliphatic carboxylic acids is 2. The van der Waals surface area contributed by atoms with Gasteiger partial charge >= 0.3 is 17.1 Å². The third kappa shape index (κ3) is 12.2. The molecule has 0 saturated carbocycles. The number of carbonyl (C=O) groups excluding carboxylic acids is 2. The molecule has 1 fully saturated rings. The zero-order valence-electron chi connectivity index (χ0n) is 23.4. The first-order valence-corrected chi connectivity index (χ1v) is 13.0. The van der Waals surface area contributed by atoms with Crippen LogP contribution in [0.25, 0.3) is 33.9 Å². The fraction of sp³-hybridized carbons (Fsp3) is 0.258. The molecule has 42 heavy (non-hydrogen) atoms. The van der Waals surface area contributed by atoms with E-state index >= 15 is 0 Å². The number of hydrogen-bond donors (Lipinski definition) is 0. The third-order valence-electron chi connectivity index (χ3n) is 5.65. The van der Waals surface area contributed by atoms with E-state index in [4.69, 9.17) is 34.3 Å². The summed E-state index contributed by atoms with van der Waals surface area (Å²) in [6.45, 7) is 7.09. The summed E-state index contributed by atoms with van der Waals surface area (Å²) in [6, 6.07) is 24.1. The standard InChI is InChI=1S/C27H26N4O2.2C2H4O2.Cu/c1-3-11-28-24(5-1)26-19-22(20-27(30-26)25-6-2-4-12-29-25)21-7-9-23(10-8-21)33-18-15-31-13-16-32-17-14-31;2*1-2(3)4;/h1-12,19-20H,13-18H2;2*1H3,(H,3,4);/q;;;+2/p-2. The molecule has 0 aliphatic carbocycles. The van der Waals surface area contributed by atoms with Crippen molar-refractivity contribution >= 4 is 11.9 Å². The van der Waals surface area contributed by atoms with Gasteiger partial charge < -0.3 is 29.3 Å². The van der Waals surface area contributed by atoms with Crippen LogP contribution in [0, 0.1) is 0 Å². The van der Waals surface area contributed by atoms with Crippen LogP contribution in [0.1, 0.15) is 13.8 Å². The Morgan fingerprint density at radius 3 is 1.74 bits per heavy atom. The third-order valence-corrected chi connectivity index (χ3v) is 5.65. The molecular weight excluding hydrogens is 588 g/mol. The number of morpholine rings is 1. The van der Waals surface area contributed by atoms with Crippen LogP contribution in [0.2, 0.25) is 0 Å². The molecule has 1 radical (unpaired) electrons. The van der Waals surface area contributed by atoms with Crippen molar-refractivity contribution in [3.8, 4) is 39.7 Å². The Morgan fingerprint density at radius 1 is 0.786 bits per heavy atom. The van der Waals surface area contributed by atoms with E-state index in [2.05, 4.69) is 39.1 Å². The molecular formula is C31H32CuN4O6. The number of benzene rings is 1. The average Bonchev–Trinajstić information content (AvgIpc) is 2.98. The minimum Gasteiger partial charge on any atom is -0.550 e. The molecule has 1 saturated heterocycles. The molecule has 0 unspecified atom stereocenters. The summed E-state index contributed by atoms with van der Waals surface area (Å²) < 4.78 is 11.4. The zero-order valence-corrected chi connectivity index (χ0v) is 24.3. The number of rotatable bonds is 7. The molecule has 0 atom stereocenters. The van der Waals surface area contributed by atoms with Crippen LogP contribution < -0.4 is 14.9 Å². The summed E-state index contributed by atoms with van der Waals surface area (Å²) in [5.41, 5.74) is 5.46. The van der Waals surface area contributed by atoms with Gasteiger partial charge in [0.05, 0.1) is 36.0 Å². The molecule has 0 N–H and O–H groups in total. The summed E-state index contributed by atoms with van der Waals surface area (Å²) in [5.74, 6) is -1.30. The van der Waals surface area contributed by atoms with Crippen LogP contribution in [-0.4, -0.2) is 71.2 Å². The van der Waals surface area contributed by atoms with Gasteiger partial charge in [-0.25, -0.2) is 4.98 Å². The van der Waals surface area contributed by atoms with Crippen LogP contribution in [-0.2, 0) is 31.4 Å². The normalized spacial score (nSPS) is 12.3. The van der Waals surface area contributed by atoms with Crippen LogP contribution >= 0.6 is 0 Å². The second-order valence-electron chi connectivity index (χ2n) is 8.87. The minimum absolute atomic E-state index is 0. The molecule has 0 spiro atoms. The van der Waals surface area contributed by atoms with Crippen LogP contribution in [0.3, 0.4) is 0 Å². The predicted molar refractivity (Wildman–Crippen MR) is 150 cm³/mol. The first-order valence-electron chi connectivity index (χ1n) is 13.0. The molecule has 1 aliphatic heterocycles. The predicted octanol–water partition coefficient (Wildman–Crippen LogP) is 2.09. The van der Waals surface area contributed by atoms with Gasteiger partial charge in [-0.15, -0.1) is 0 Å². The molecule has 4 aromatic rings.